The fourth-order valence-electron chi connectivity index (χ4n) is 1.21. The first-order chi connectivity index (χ1) is 7.63. The van der Waals surface area contributed by atoms with Crippen molar-refractivity contribution >= 4 is 11.6 Å². The van der Waals surface area contributed by atoms with Crippen LogP contribution in [0.2, 0.25) is 0 Å². The Balaban J connectivity index is 2.46. The van der Waals surface area contributed by atoms with Gasteiger partial charge in [-0.05, 0) is 25.0 Å². The van der Waals surface area contributed by atoms with Crippen LogP contribution >= 0.6 is 0 Å². The molecule has 0 aromatic heterocycles. The Bertz CT molecular complexity index is 368. The van der Waals surface area contributed by atoms with Crippen LogP contribution in [0.15, 0.2) is 18.2 Å². The third kappa shape index (κ3) is 3.86. The number of carbonyl (C=O) groups is 1. The number of carbonyl (C=O) groups excluding carboxylic acids is 1. The van der Waals surface area contributed by atoms with Crippen LogP contribution in [-0.4, -0.2) is 22.7 Å². The standard InChI is InChI=1S/C11H14FNO3/c12-9-7-8(4-5-10(9)15)13-11(16)3-1-2-6-14/h4-5,7,14-15H,1-3,6H2,(H,13,16). The number of hydrogen-bond donors (Lipinski definition) is 3. The molecule has 1 rings (SSSR count). The van der Waals surface area contributed by atoms with Gasteiger partial charge in [-0.25, -0.2) is 4.39 Å². The molecular weight excluding hydrogens is 213 g/mol. The zero-order chi connectivity index (χ0) is 12.0. The van der Waals surface area contributed by atoms with E-state index in [4.69, 9.17) is 10.2 Å². The smallest absolute Gasteiger partial charge is 0.224 e. The molecule has 0 radical (unpaired) electrons. The van der Waals surface area contributed by atoms with Gasteiger partial charge in [-0.1, -0.05) is 0 Å². The summed E-state index contributed by atoms with van der Waals surface area (Å²) >= 11 is 0. The number of rotatable bonds is 5. The van der Waals surface area contributed by atoms with E-state index in [1.165, 1.54) is 12.1 Å². The molecule has 0 spiro atoms. The third-order valence-electron chi connectivity index (χ3n) is 2.04. The van der Waals surface area contributed by atoms with E-state index in [9.17, 15) is 9.18 Å². The van der Waals surface area contributed by atoms with Crippen LogP contribution in [0, 0.1) is 5.82 Å². The fraction of sp³-hybridized carbons (Fsp3) is 0.364. The number of nitrogens with one attached hydrogen (secondary N) is 1. The Kier molecular flexibility index (Phi) is 4.72. The van der Waals surface area contributed by atoms with Gasteiger partial charge in [0, 0.05) is 24.8 Å². The second-order valence-corrected chi connectivity index (χ2v) is 3.40. The number of unbranched alkanes of at least 4 members (excludes halogenated alkanes) is 1. The molecule has 0 unspecified atom stereocenters. The highest BCUT2D eigenvalue weighted by atomic mass is 19.1. The molecule has 0 aliphatic heterocycles. The molecule has 88 valence electrons. The van der Waals surface area contributed by atoms with Crippen molar-refractivity contribution in [3.8, 4) is 5.75 Å². The second kappa shape index (κ2) is 6.07. The van der Waals surface area contributed by atoms with Crippen molar-refractivity contribution in [1.29, 1.82) is 0 Å². The lowest BCUT2D eigenvalue weighted by Gasteiger charge is -2.05. The molecule has 1 amide bonds. The predicted octanol–water partition coefficient (Wildman–Crippen LogP) is 1.63. The normalized spacial score (nSPS) is 10.1. The minimum absolute atomic E-state index is 0.0567. The lowest BCUT2D eigenvalue weighted by atomic mass is 10.2. The number of aliphatic hydroxyl groups excluding tert-OH is 1. The summed E-state index contributed by atoms with van der Waals surface area (Å²) in [6, 6.07) is 3.65. The van der Waals surface area contributed by atoms with Gasteiger partial charge in [0.1, 0.15) is 0 Å². The minimum atomic E-state index is -0.770. The monoisotopic (exact) mass is 227 g/mol. The highest BCUT2D eigenvalue weighted by molar-refractivity contribution is 5.90. The maximum absolute atomic E-state index is 12.9. The van der Waals surface area contributed by atoms with E-state index < -0.39 is 11.6 Å². The number of anilines is 1. The molecular formula is C11H14FNO3. The Morgan fingerprint density at radius 1 is 1.38 bits per heavy atom. The van der Waals surface area contributed by atoms with E-state index in [0.29, 0.717) is 18.5 Å². The van der Waals surface area contributed by atoms with E-state index in [-0.39, 0.29) is 18.9 Å². The number of amides is 1. The molecule has 0 atom stereocenters. The molecule has 5 heteroatoms. The van der Waals surface area contributed by atoms with Crippen LogP contribution in [0.3, 0.4) is 0 Å². The Morgan fingerprint density at radius 3 is 2.75 bits per heavy atom. The Labute approximate surface area is 92.7 Å². The highest BCUT2D eigenvalue weighted by Gasteiger charge is 2.05. The summed E-state index contributed by atoms with van der Waals surface area (Å²) in [5, 5.41) is 20.0. The molecule has 0 fully saturated rings. The van der Waals surface area contributed by atoms with Gasteiger partial charge in [-0.3, -0.25) is 4.79 Å². The van der Waals surface area contributed by atoms with Gasteiger partial charge in [0.25, 0.3) is 0 Å². The highest BCUT2D eigenvalue weighted by Crippen LogP contribution is 2.19. The average Bonchev–Trinajstić information content (AvgIpc) is 2.24. The number of benzene rings is 1. The van der Waals surface area contributed by atoms with Crippen molar-refractivity contribution in [3.05, 3.63) is 24.0 Å². The number of aliphatic hydroxyl groups is 1. The average molecular weight is 227 g/mol. The number of aromatic hydroxyl groups is 1. The summed E-state index contributed by atoms with van der Waals surface area (Å²) in [5.74, 6) is -1.45. The molecule has 4 nitrogen and oxygen atoms in total. The van der Waals surface area contributed by atoms with Gasteiger partial charge in [0.05, 0.1) is 0 Å². The first kappa shape index (κ1) is 12.4. The van der Waals surface area contributed by atoms with Crippen LogP contribution in [0.5, 0.6) is 5.75 Å². The fourth-order valence-corrected chi connectivity index (χ4v) is 1.21. The van der Waals surface area contributed by atoms with Crippen molar-refractivity contribution in [2.75, 3.05) is 11.9 Å². The van der Waals surface area contributed by atoms with E-state index in [1.54, 1.807) is 0 Å². The molecule has 0 aliphatic carbocycles. The van der Waals surface area contributed by atoms with Crippen LogP contribution in [-0.2, 0) is 4.79 Å². The van der Waals surface area contributed by atoms with Crippen LogP contribution in [0.1, 0.15) is 19.3 Å². The molecule has 0 aliphatic rings. The molecule has 0 saturated heterocycles. The first-order valence-electron chi connectivity index (χ1n) is 5.02. The van der Waals surface area contributed by atoms with Gasteiger partial charge in [-0.2, -0.15) is 0 Å². The topological polar surface area (TPSA) is 69.6 Å². The van der Waals surface area contributed by atoms with Gasteiger partial charge in [0.15, 0.2) is 11.6 Å². The van der Waals surface area contributed by atoms with Gasteiger partial charge in [-0.15, -0.1) is 0 Å². The zero-order valence-electron chi connectivity index (χ0n) is 8.74. The lowest BCUT2D eigenvalue weighted by Crippen LogP contribution is -2.11. The number of phenols is 1. The number of halogens is 1. The quantitative estimate of drug-likeness (QED) is 0.529. The van der Waals surface area contributed by atoms with Crippen molar-refractivity contribution in [2.45, 2.75) is 19.3 Å². The maximum Gasteiger partial charge on any atom is 0.224 e. The second-order valence-electron chi connectivity index (χ2n) is 3.40. The van der Waals surface area contributed by atoms with Gasteiger partial charge in [0.2, 0.25) is 5.91 Å². The SMILES string of the molecule is O=C(CCCCO)Nc1ccc(O)c(F)c1. The zero-order valence-corrected chi connectivity index (χ0v) is 8.74. The van der Waals surface area contributed by atoms with Gasteiger partial charge >= 0.3 is 0 Å². The van der Waals surface area contributed by atoms with Crippen molar-refractivity contribution in [3.63, 3.8) is 0 Å². The number of hydrogen-bond acceptors (Lipinski definition) is 3. The summed E-state index contributed by atoms with van der Waals surface area (Å²) < 4.78 is 12.9. The van der Waals surface area contributed by atoms with E-state index in [0.717, 1.165) is 6.07 Å². The molecule has 16 heavy (non-hydrogen) atoms. The van der Waals surface area contributed by atoms with Crippen LogP contribution < -0.4 is 5.32 Å². The third-order valence-corrected chi connectivity index (χ3v) is 2.04. The largest absolute Gasteiger partial charge is 0.505 e. The minimum Gasteiger partial charge on any atom is -0.505 e. The first-order valence-corrected chi connectivity index (χ1v) is 5.02. The van der Waals surface area contributed by atoms with Gasteiger partial charge < -0.3 is 15.5 Å². The van der Waals surface area contributed by atoms with Crippen LogP contribution in [0.25, 0.3) is 0 Å². The summed E-state index contributed by atoms with van der Waals surface area (Å²) in [7, 11) is 0. The van der Waals surface area contributed by atoms with Crippen molar-refractivity contribution < 1.29 is 19.4 Å². The maximum atomic E-state index is 12.9. The molecule has 3 N–H and O–H groups in total. The van der Waals surface area contributed by atoms with E-state index in [1.807, 2.05) is 0 Å². The lowest BCUT2D eigenvalue weighted by molar-refractivity contribution is -0.116. The Hall–Kier alpha value is -1.62. The van der Waals surface area contributed by atoms with Crippen molar-refractivity contribution in [2.24, 2.45) is 0 Å². The molecule has 0 heterocycles. The summed E-state index contributed by atoms with van der Waals surface area (Å²) in [6.07, 6.45) is 1.43. The van der Waals surface area contributed by atoms with E-state index >= 15 is 0 Å². The molecule has 0 bridgehead atoms. The van der Waals surface area contributed by atoms with Crippen LogP contribution in [0.4, 0.5) is 10.1 Å². The molecule has 1 aromatic carbocycles. The summed E-state index contributed by atoms with van der Waals surface area (Å²) in [4.78, 5) is 11.3. The Morgan fingerprint density at radius 2 is 2.12 bits per heavy atom. The summed E-state index contributed by atoms with van der Waals surface area (Å²) in [6.45, 7) is 0.0567. The molecule has 0 saturated carbocycles. The van der Waals surface area contributed by atoms with E-state index in [2.05, 4.69) is 5.32 Å². The summed E-state index contributed by atoms with van der Waals surface area (Å²) in [5.41, 5.74) is 0.310. The van der Waals surface area contributed by atoms with Crippen molar-refractivity contribution in [1.82, 2.24) is 0 Å². The number of phenolic OH excluding ortho intramolecular Hbond substituents is 1. The molecule has 1 aromatic rings. The predicted molar refractivity (Wildman–Crippen MR) is 57.6 cm³/mol.